The Morgan fingerprint density at radius 1 is 1.17 bits per heavy atom. The van der Waals surface area contributed by atoms with E-state index in [2.05, 4.69) is 5.32 Å². The molecule has 0 aliphatic carbocycles. The third kappa shape index (κ3) is 4.17. The molecule has 0 spiro atoms. The van der Waals surface area contributed by atoms with Crippen molar-refractivity contribution >= 4 is 29.2 Å². The maximum absolute atomic E-state index is 12.1. The summed E-state index contributed by atoms with van der Waals surface area (Å²) < 4.78 is 10.0. The van der Waals surface area contributed by atoms with Crippen LogP contribution in [0.2, 0.25) is 5.02 Å². The fourth-order valence-electron chi connectivity index (χ4n) is 1.91. The van der Waals surface area contributed by atoms with Crippen molar-refractivity contribution in [3.05, 3.63) is 53.1 Å². The Hall–Kier alpha value is -2.73. The van der Waals surface area contributed by atoms with E-state index >= 15 is 0 Å². The van der Waals surface area contributed by atoms with Crippen molar-refractivity contribution < 1.29 is 24.2 Å². The average Bonchev–Trinajstić information content (AvgIpc) is 2.56. The Balaban J connectivity index is 2.03. The van der Waals surface area contributed by atoms with Crippen LogP contribution >= 0.6 is 11.6 Å². The summed E-state index contributed by atoms with van der Waals surface area (Å²) in [4.78, 5) is 24.2. The summed E-state index contributed by atoms with van der Waals surface area (Å²) in [6.45, 7) is 1.43. The van der Waals surface area contributed by atoms with Crippen molar-refractivity contribution in [2.24, 2.45) is 0 Å². The number of hydrogen-bond donors (Lipinski definition) is 2. The molecule has 0 bridgehead atoms. The van der Waals surface area contributed by atoms with E-state index in [0.717, 1.165) is 0 Å². The van der Waals surface area contributed by atoms with E-state index in [0.29, 0.717) is 10.7 Å². The Bertz CT molecular complexity index is 745. The van der Waals surface area contributed by atoms with Gasteiger partial charge >= 0.3 is 5.97 Å². The predicted octanol–water partition coefficient (Wildman–Crippen LogP) is 3.24. The van der Waals surface area contributed by atoms with Gasteiger partial charge in [0.2, 0.25) is 0 Å². The molecule has 0 saturated heterocycles. The molecule has 2 aromatic rings. The molecule has 2 aromatic carbocycles. The highest BCUT2D eigenvalue weighted by Crippen LogP contribution is 2.30. The number of phenols is 1. The lowest BCUT2D eigenvalue weighted by Crippen LogP contribution is -2.30. The van der Waals surface area contributed by atoms with Gasteiger partial charge < -0.3 is 19.9 Å². The minimum Gasteiger partial charge on any atom is -0.504 e. The van der Waals surface area contributed by atoms with E-state index in [4.69, 9.17) is 21.1 Å². The van der Waals surface area contributed by atoms with Gasteiger partial charge in [-0.2, -0.15) is 0 Å². The third-order valence-corrected chi connectivity index (χ3v) is 3.46. The van der Waals surface area contributed by atoms with E-state index in [-0.39, 0.29) is 17.1 Å². The SMILES string of the molecule is COc1cccc(C(=O)OC(C)C(=O)Nc2ccc(Cl)cc2)c1O. The Kier molecular flexibility index (Phi) is 5.65. The summed E-state index contributed by atoms with van der Waals surface area (Å²) in [5.41, 5.74) is 0.442. The average molecular weight is 350 g/mol. The van der Waals surface area contributed by atoms with Gasteiger partial charge in [0.1, 0.15) is 5.56 Å². The van der Waals surface area contributed by atoms with Crippen LogP contribution in [0.15, 0.2) is 42.5 Å². The van der Waals surface area contributed by atoms with Crippen LogP contribution in [-0.2, 0) is 9.53 Å². The molecule has 0 saturated carbocycles. The van der Waals surface area contributed by atoms with Crippen LogP contribution in [0.3, 0.4) is 0 Å². The Morgan fingerprint density at radius 3 is 2.46 bits per heavy atom. The lowest BCUT2D eigenvalue weighted by molar-refractivity contribution is -0.123. The summed E-state index contributed by atoms with van der Waals surface area (Å²) in [5.74, 6) is -1.53. The molecule has 1 amide bonds. The number of aromatic hydroxyl groups is 1. The molecule has 7 heteroatoms. The Labute approximate surface area is 144 Å². The van der Waals surface area contributed by atoms with E-state index in [1.807, 2.05) is 0 Å². The number of nitrogens with one attached hydrogen (secondary N) is 1. The third-order valence-electron chi connectivity index (χ3n) is 3.20. The number of ether oxygens (including phenoxy) is 2. The van der Waals surface area contributed by atoms with Gasteiger partial charge in [0.05, 0.1) is 7.11 Å². The number of para-hydroxylation sites is 1. The number of methoxy groups -OCH3 is 1. The van der Waals surface area contributed by atoms with Crippen LogP contribution in [-0.4, -0.2) is 30.2 Å². The number of carbonyl (C=O) groups is 2. The van der Waals surface area contributed by atoms with Gasteiger partial charge in [0.25, 0.3) is 5.91 Å². The largest absolute Gasteiger partial charge is 0.504 e. The van der Waals surface area contributed by atoms with Gasteiger partial charge in [0, 0.05) is 10.7 Å². The molecular weight excluding hydrogens is 334 g/mol. The molecule has 0 fully saturated rings. The second-order valence-corrected chi connectivity index (χ2v) is 5.34. The zero-order chi connectivity index (χ0) is 17.7. The minimum atomic E-state index is -1.06. The summed E-state index contributed by atoms with van der Waals surface area (Å²) in [6.07, 6.45) is -1.06. The standard InChI is InChI=1S/C17H16ClNO5/c1-10(16(21)19-12-8-6-11(18)7-9-12)24-17(22)13-4-3-5-14(23-2)15(13)20/h3-10,20H,1-2H3,(H,19,21). The molecule has 24 heavy (non-hydrogen) atoms. The molecule has 2 N–H and O–H groups in total. The van der Waals surface area contributed by atoms with E-state index in [1.54, 1.807) is 24.3 Å². The van der Waals surface area contributed by atoms with Gasteiger partial charge in [-0.25, -0.2) is 4.79 Å². The molecule has 0 aliphatic heterocycles. The maximum Gasteiger partial charge on any atom is 0.342 e. The molecule has 126 valence electrons. The Morgan fingerprint density at radius 2 is 1.83 bits per heavy atom. The molecule has 1 unspecified atom stereocenters. The van der Waals surface area contributed by atoms with Crippen molar-refractivity contribution in [2.45, 2.75) is 13.0 Å². The number of carbonyl (C=O) groups excluding carboxylic acids is 2. The fourth-order valence-corrected chi connectivity index (χ4v) is 2.03. The zero-order valence-electron chi connectivity index (χ0n) is 13.1. The maximum atomic E-state index is 12.1. The highest BCUT2D eigenvalue weighted by molar-refractivity contribution is 6.30. The second-order valence-electron chi connectivity index (χ2n) is 4.90. The summed E-state index contributed by atoms with van der Waals surface area (Å²) in [5, 5.41) is 13.1. The van der Waals surface area contributed by atoms with E-state index in [1.165, 1.54) is 32.2 Å². The molecule has 6 nitrogen and oxygen atoms in total. The van der Waals surface area contributed by atoms with Crippen molar-refractivity contribution in [3.63, 3.8) is 0 Å². The van der Waals surface area contributed by atoms with E-state index in [9.17, 15) is 14.7 Å². The first-order chi connectivity index (χ1) is 11.4. The molecule has 2 rings (SSSR count). The lowest BCUT2D eigenvalue weighted by atomic mass is 10.2. The zero-order valence-corrected chi connectivity index (χ0v) is 13.8. The van der Waals surface area contributed by atoms with Gasteiger partial charge in [-0.3, -0.25) is 4.79 Å². The van der Waals surface area contributed by atoms with Crippen LogP contribution in [0.4, 0.5) is 5.69 Å². The molecule has 0 heterocycles. The molecule has 0 aliphatic rings. The first-order valence-electron chi connectivity index (χ1n) is 7.05. The van der Waals surface area contributed by atoms with Crippen LogP contribution in [0.25, 0.3) is 0 Å². The van der Waals surface area contributed by atoms with Gasteiger partial charge in [-0.05, 0) is 43.3 Å². The minimum absolute atomic E-state index is 0.0829. The summed E-state index contributed by atoms with van der Waals surface area (Å²) >= 11 is 5.77. The summed E-state index contributed by atoms with van der Waals surface area (Å²) in [6, 6.07) is 10.9. The molecule has 0 radical (unpaired) electrons. The molecular formula is C17H16ClNO5. The van der Waals surface area contributed by atoms with Crippen LogP contribution in [0, 0.1) is 0 Å². The number of anilines is 1. The number of hydrogen-bond acceptors (Lipinski definition) is 5. The normalized spacial score (nSPS) is 11.5. The topological polar surface area (TPSA) is 84.9 Å². The lowest BCUT2D eigenvalue weighted by Gasteiger charge is -2.14. The molecule has 0 aromatic heterocycles. The highest BCUT2D eigenvalue weighted by Gasteiger charge is 2.22. The first-order valence-corrected chi connectivity index (χ1v) is 7.43. The number of rotatable bonds is 5. The number of amides is 1. The van der Waals surface area contributed by atoms with Crippen molar-refractivity contribution in [2.75, 3.05) is 12.4 Å². The second kappa shape index (κ2) is 7.70. The number of phenolic OH excluding ortho intramolecular Hbond substituents is 1. The molecule has 1 atom stereocenters. The van der Waals surface area contributed by atoms with E-state index < -0.39 is 18.0 Å². The quantitative estimate of drug-likeness (QED) is 0.809. The van der Waals surface area contributed by atoms with Crippen molar-refractivity contribution in [1.29, 1.82) is 0 Å². The van der Waals surface area contributed by atoms with Crippen LogP contribution in [0.5, 0.6) is 11.5 Å². The van der Waals surface area contributed by atoms with Crippen molar-refractivity contribution in [3.8, 4) is 11.5 Å². The number of halogens is 1. The number of benzene rings is 2. The monoisotopic (exact) mass is 349 g/mol. The van der Waals surface area contributed by atoms with Crippen molar-refractivity contribution in [1.82, 2.24) is 0 Å². The summed E-state index contributed by atoms with van der Waals surface area (Å²) in [7, 11) is 1.37. The van der Waals surface area contributed by atoms with Gasteiger partial charge in [-0.15, -0.1) is 0 Å². The predicted molar refractivity (Wildman–Crippen MR) is 89.6 cm³/mol. The first kappa shape index (κ1) is 17.6. The van der Waals surface area contributed by atoms with Gasteiger partial charge in [0.15, 0.2) is 17.6 Å². The highest BCUT2D eigenvalue weighted by atomic mass is 35.5. The van der Waals surface area contributed by atoms with Crippen LogP contribution < -0.4 is 10.1 Å². The smallest absolute Gasteiger partial charge is 0.342 e. The number of esters is 1. The fraction of sp³-hybridized carbons (Fsp3) is 0.176. The van der Waals surface area contributed by atoms with Crippen LogP contribution in [0.1, 0.15) is 17.3 Å². The van der Waals surface area contributed by atoms with Gasteiger partial charge in [-0.1, -0.05) is 17.7 Å².